The molecular weight excluding hydrogens is 257 g/mol. The van der Waals surface area contributed by atoms with Crippen LogP contribution in [0.5, 0.6) is 0 Å². The maximum absolute atomic E-state index is 12.6. The highest BCUT2D eigenvalue weighted by atomic mass is 19.4. The monoisotopic (exact) mass is 280 g/mol. The molecule has 0 aliphatic carbocycles. The van der Waals surface area contributed by atoms with E-state index < -0.39 is 18.1 Å². The molecule has 1 aliphatic heterocycles. The van der Waals surface area contributed by atoms with Gasteiger partial charge in [-0.05, 0) is 32.2 Å². The van der Waals surface area contributed by atoms with Crippen molar-refractivity contribution in [1.29, 1.82) is 0 Å². The van der Waals surface area contributed by atoms with Crippen molar-refractivity contribution in [2.24, 2.45) is 11.3 Å². The van der Waals surface area contributed by atoms with Crippen molar-refractivity contribution in [1.82, 2.24) is 10.2 Å². The predicted molar refractivity (Wildman–Crippen MR) is 67.7 cm³/mol. The Hall–Kier alpha value is -0.780. The molecule has 0 aromatic carbocycles. The topological polar surface area (TPSA) is 32.3 Å². The van der Waals surface area contributed by atoms with Gasteiger partial charge in [0.1, 0.15) is 6.54 Å². The van der Waals surface area contributed by atoms with Crippen LogP contribution in [0.3, 0.4) is 0 Å². The van der Waals surface area contributed by atoms with E-state index in [2.05, 4.69) is 5.32 Å². The summed E-state index contributed by atoms with van der Waals surface area (Å²) < 4.78 is 37.8. The molecule has 1 heterocycles. The van der Waals surface area contributed by atoms with E-state index in [1.807, 2.05) is 13.8 Å². The average molecular weight is 280 g/mol. The molecule has 3 nitrogen and oxygen atoms in total. The summed E-state index contributed by atoms with van der Waals surface area (Å²) in [7, 11) is 0. The molecule has 0 saturated carbocycles. The summed E-state index contributed by atoms with van der Waals surface area (Å²) in [5.41, 5.74) is -0.710. The highest BCUT2D eigenvalue weighted by Gasteiger charge is 2.41. The molecule has 0 spiro atoms. The van der Waals surface area contributed by atoms with Gasteiger partial charge in [-0.1, -0.05) is 13.8 Å². The van der Waals surface area contributed by atoms with Gasteiger partial charge in [-0.3, -0.25) is 4.79 Å². The smallest absolute Gasteiger partial charge is 0.333 e. The standard InChI is InChI=1S/C13H23F3N2O/c1-10(2)7-18(9-13(14,15)16)11(19)12(3)5-4-6-17-8-12/h10,17H,4-9H2,1-3H3. The van der Waals surface area contributed by atoms with Crippen molar-refractivity contribution in [3.05, 3.63) is 0 Å². The Bertz CT molecular complexity index is 310. The number of carbonyl (C=O) groups is 1. The van der Waals surface area contributed by atoms with Gasteiger partial charge in [0.15, 0.2) is 0 Å². The molecular formula is C13H23F3N2O. The Labute approximate surface area is 112 Å². The fourth-order valence-electron chi connectivity index (χ4n) is 2.50. The number of nitrogens with one attached hydrogen (secondary N) is 1. The lowest BCUT2D eigenvalue weighted by Crippen LogP contribution is -2.53. The van der Waals surface area contributed by atoms with Gasteiger partial charge in [0, 0.05) is 13.1 Å². The predicted octanol–water partition coefficient (Wildman–Crippen LogP) is 2.42. The molecule has 1 saturated heterocycles. The van der Waals surface area contributed by atoms with Crippen LogP contribution in [0.2, 0.25) is 0 Å². The van der Waals surface area contributed by atoms with Crippen LogP contribution in [0.15, 0.2) is 0 Å². The van der Waals surface area contributed by atoms with E-state index in [4.69, 9.17) is 0 Å². The molecule has 1 aliphatic rings. The summed E-state index contributed by atoms with van der Waals surface area (Å²) in [6.07, 6.45) is -2.88. The Morgan fingerprint density at radius 1 is 1.42 bits per heavy atom. The van der Waals surface area contributed by atoms with Gasteiger partial charge in [0.25, 0.3) is 0 Å². The van der Waals surface area contributed by atoms with Crippen molar-refractivity contribution in [3.8, 4) is 0 Å². The zero-order valence-electron chi connectivity index (χ0n) is 11.8. The first kappa shape index (κ1) is 16.3. The van der Waals surface area contributed by atoms with Gasteiger partial charge in [0.05, 0.1) is 5.41 Å². The van der Waals surface area contributed by atoms with Crippen LogP contribution in [0, 0.1) is 11.3 Å². The average Bonchev–Trinajstić information content (AvgIpc) is 2.25. The lowest BCUT2D eigenvalue weighted by Gasteiger charge is -2.38. The molecule has 1 N–H and O–H groups in total. The molecule has 0 aromatic rings. The van der Waals surface area contributed by atoms with E-state index in [1.54, 1.807) is 6.92 Å². The summed E-state index contributed by atoms with van der Waals surface area (Å²) in [4.78, 5) is 13.4. The summed E-state index contributed by atoms with van der Waals surface area (Å²) in [5, 5.41) is 3.10. The molecule has 19 heavy (non-hydrogen) atoms. The third-order valence-corrected chi connectivity index (χ3v) is 3.36. The molecule has 1 amide bonds. The lowest BCUT2D eigenvalue weighted by molar-refractivity contribution is -0.168. The van der Waals surface area contributed by atoms with Crippen molar-refractivity contribution in [3.63, 3.8) is 0 Å². The first-order valence-corrected chi connectivity index (χ1v) is 6.71. The van der Waals surface area contributed by atoms with E-state index in [0.29, 0.717) is 13.0 Å². The van der Waals surface area contributed by atoms with E-state index in [-0.39, 0.29) is 18.4 Å². The molecule has 1 fully saturated rings. The second-order valence-electron chi connectivity index (χ2n) is 6.04. The van der Waals surface area contributed by atoms with E-state index in [1.165, 1.54) is 0 Å². The van der Waals surface area contributed by atoms with Gasteiger partial charge in [-0.25, -0.2) is 0 Å². The van der Waals surface area contributed by atoms with Gasteiger partial charge >= 0.3 is 6.18 Å². The highest BCUT2D eigenvalue weighted by Crippen LogP contribution is 2.30. The number of carbonyl (C=O) groups excluding carboxylic acids is 1. The Kier molecular flexibility index (Phi) is 5.24. The maximum atomic E-state index is 12.6. The largest absolute Gasteiger partial charge is 0.406 e. The summed E-state index contributed by atoms with van der Waals surface area (Å²) in [6.45, 7) is 5.67. The zero-order chi connectivity index (χ0) is 14.7. The minimum absolute atomic E-state index is 0.0199. The second kappa shape index (κ2) is 6.11. The third-order valence-electron chi connectivity index (χ3n) is 3.36. The summed E-state index contributed by atoms with van der Waals surface area (Å²) in [6, 6.07) is 0. The first-order valence-electron chi connectivity index (χ1n) is 6.71. The molecule has 1 rings (SSSR count). The molecule has 6 heteroatoms. The number of rotatable bonds is 4. The van der Waals surface area contributed by atoms with E-state index >= 15 is 0 Å². The minimum Gasteiger partial charge on any atom is -0.333 e. The quantitative estimate of drug-likeness (QED) is 0.857. The van der Waals surface area contributed by atoms with Crippen molar-refractivity contribution < 1.29 is 18.0 Å². The third kappa shape index (κ3) is 5.01. The maximum Gasteiger partial charge on any atom is 0.406 e. The Morgan fingerprint density at radius 2 is 2.05 bits per heavy atom. The number of hydrogen-bond donors (Lipinski definition) is 1. The van der Waals surface area contributed by atoms with Crippen LogP contribution in [0.4, 0.5) is 13.2 Å². The van der Waals surface area contributed by atoms with Crippen LogP contribution in [-0.2, 0) is 4.79 Å². The van der Waals surface area contributed by atoms with Crippen molar-refractivity contribution in [2.45, 2.75) is 39.8 Å². The number of amides is 1. The van der Waals surface area contributed by atoms with Gasteiger partial charge < -0.3 is 10.2 Å². The van der Waals surface area contributed by atoms with Crippen molar-refractivity contribution >= 4 is 5.91 Å². The van der Waals surface area contributed by atoms with E-state index in [9.17, 15) is 18.0 Å². The van der Waals surface area contributed by atoms with Crippen LogP contribution in [0.1, 0.15) is 33.6 Å². The highest BCUT2D eigenvalue weighted by molar-refractivity contribution is 5.82. The lowest BCUT2D eigenvalue weighted by atomic mass is 9.81. The minimum atomic E-state index is -4.34. The normalized spacial score (nSPS) is 24.6. The Balaban J connectivity index is 2.80. The number of halogens is 3. The first-order chi connectivity index (χ1) is 8.64. The fraction of sp³-hybridized carbons (Fsp3) is 0.923. The zero-order valence-corrected chi connectivity index (χ0v) is 11.8. The second-order valence-corrected chi connectivity index (χ2v) is 6.04. The number of nitrogens with zero attached hydrogens (tertiary/aromatic N) is 1. The SMILES string of the molecule is CC(C)CN(CC(F)(F)F)C(=O)C1(C)CCCNC1. The fourth-order valence-corrected chi connectivity index (χ4v) is 2.50. The molecule has 0 aromatic heterocycles. The molecule has 112 valence electrons. The molecule has 0 radical (unpaired) electrons. The van der Waals surface area contributed by atoms with Crippen LogP contribution < -0.4 is 5.32 Å². The van der Waals surface area contributed by atoms with Crippen LogP contribution >= 0.6 is 0 Å². The van der Waals surface area contributed by atoms with Gasteiger partial charge in [-0.2, -0.15) is 13.2 Å². The van der Waals surface area contributed by atoms with Crippen LogP contribution in [0.25, 0.3) is 0 Å². The van der Waals surface area contributed by atoms with Gasteiger partial charge in [-0.15, -0.1) is 0 Å². The van der Waals surface area contributed by atoms with Crippen LogP contribution in [-0.4, -0.2) is 43.2 Å². The number of piperidine rings is 1. The number of hydrogen-bond acceptors (Lipinski definition) is 2. The summed E-state index contributed by atoms with van der Waals surface area (Å²) >= 11 is 0. The molecule has 0 bridgehead atoms. The van der Waals surface area contributed by atoms with Gasteiger partial charge in [0.2, 0.25) is 5.91 Å². The molecule has 1 atom stereocenters. The van der Waals surface area contributed by atoms with E-state index in [0.717, 1.165) is 17.9 Å². The molecule has 1 unspecified atom stereocenters. The number of alkyl halides is 3. The summed E-state index contributed by atoms with van der Waals surface area (Å²) in [5.74, 6) is -0.364. The van der Waals surface area contributed by atoms with Crippen molar-refractivity contribution in [2.75, 3.05) is 26.2 Å². The Morgan fingerprint density at radius 3 is 2.47 bits per heavy atom.